The molecule has 0 bridgehead atoms. The molecule has 2 rings (SSSR count). The summed E-state index contributed by atoms with van der Waals surface area (Å²) in [6, 6.07) is 12.7. The van der Waals surface area contributed by atoms with Crippen molar-refractivity contribution in [3.8, 4) is 0 Å². The van der Waals surface area contributed by atoms with Gasteiger partial charge in [0.2, 0.25) is 0 Å². The fourth-order valence-corrected chi connectivity index (χ4v) is 2.49. The molecule has 110 valence electrons. The highest BCUT2D eigenvalue weighted by molar-refractivity contribution is 9.10. The number of hydrogen-bond acceptors (Lipinski definition) is 1. The molecule has 3 heteroatoms. The zero-order valence-electron chi connectivity index (χ0n) is 12.4. The van der Waals surface area contributed by atoms with Crippen molar-refractivity contribution in [3.63, 3.8) is 0 Å². The third-order valence-electron chi connectivity index (χ3n) is 3.44. The lowest BCUT2D eigenvalue weighted by atomic mass is 9.86. The van der Waals surface area contributed by atoms with Gasteiger partial charge in [-0.25, -0.2) is 4.39 Å². The number of Topliss-reactive ketones (excluding diaryl/α,β-unsaturated/α-hetero) is 1. The van der Waals surface area contributed by atoms with E-state index >= 15 is 0 Å². The van der Waals surface area contributed by atoms with Crippen LogP contribution in [0.4, 0.5) is 4.39 Å². The van der Waals surface area contributed by atoms with Gasteiger partial charge >= 0.3 is 0 Å². The van der Waals surface area contributed by atoms with Crippen LogP contribution in [0, 0.1) is 5.82 Å². The second-order valence-corrected chi connectivity index (χ2v) is 7.00. The molecule has 0 spiro atoms. The summed E-state index contributed by atoms with van der Waals surface area (Å²) >= 11 is 3.10. The van der Waals surface area contributed by atoms with Gasteiger partial charge in [0.15, 0.2) is 5.78 Å². The Balaban J connectivity index is 2.18. The molecule has 0 aliphatic rings. The predicted octanol–water partition coefficient (Wildman–Crippen LogP) is 5.31. The Morgan fingerprint density at radius 3 is 2.29 bits per heavy atom. The summed E-state index contributed by atoms with van der Waals surface area (Å²) in [6.45, 7) is 6.43. The first kappa shape index (κ1) is 15.9. The van der Waals surface area contributed by atoms with Crippen LogP contribution in [0.15, 0.2) is 46.9 Å². The molecule has 0 unspecified atom stereocenters. The molecule has 21 heavy (non-hydrogen) atoms. The van der Waals surface area contributed by atoms with Crippen molar-refractivity contribution in [3.05, 3.63) is 69.4 Å². The normalized spacial score (nSPS) is 11.5. The zero-order valence-corrected chi connectivity index (χ0v) is 14.0. The monoisotopic (exact) mass is 348 g/mol. The number of carbonyl (C=O) groups excluding carboxylic acids is 1. The largest absolute Gasteiger partial charge is 0.294 e. The number of carbonyl (C=O) groups is 1. The van der Waals surface area contributed by atoms with Gasteiger partial charge in [-0.3, -0.25) is 4.79 Å². The maximum atomic E-state index is 13.9. The summed E-state index contributed by atoms with van der Waals surface area (Å²) in [5, 5.41) is 0. The minimum absolute atomic E-state index is 0.0823. The van der Waals surface area contributed by atoms with E-state index in [2.05, 4.69) is 36.7 Å². The molecule has 0 atom stereocenters. The summed E-state index contributed by atoms with van der Waals surface area (Å²) < 4.78 is 14.2. The van der Waals surface area contributed by atoms with Crippen LogP contribution < -0.4 is 0 Å². The van der Waals surface area contributed by atoms with E-state index in [0.29, 0.717) is 4.47 Å². The quantitative estimate of drug-likeness (QED) is 0.686. The highest BCUT2D eigenvalue weighted by Gasteiger charge is 2.16. The number of benzene rings is 2. The van der Waals surface area contributed by atoms with Crippen LogP contribution in [0.3, 0.4) is 0 Å². The Labute approximate surface area is 133 Å². The number of hydrogen-bond donors (Lipinski definition) is 0. The number of halogens is 2. The minimum atomic E-state index is -0.492. The lowest BCUT2D eigenvalue weighted by molar-refractivity contribution is 0.0989. The third-order valence-corrected chi connectivity index (χ3v) is 4.05. The van der Waals surface area contributed by atoms with Gasteiger partial charge in [-0.2, -0.15) is 0 Å². The van der Waals surface area contributed by atoms with E-state index in [0.717, 1.165) is 5.56 Å². The topological polar surface area (TPSA) is 17.1 Å². The Morgan fingerprint density at radius 2 is 1.71 bits per heavy atom. The maximum absolute atomic E-state index is 13.9. The van der Waals surface area contributed by atoms with Crippen molar-refractivity contribution in [1.82, 2.24) is 0 Å². The second kappa shape index (κ2) is 6.10. The first-order valence-corrected chi connectivity index (χ1v) is 7.65. The average molecular weight is 349 g/mol. The van der Waals surface area contributed by atoms with E-state index in [9.17, 15) is 9.18 Å². The van der Waals surface area contributed by atoms with Gasteiger partial charge in [-0.05, 0) is 44.6 Å². The van der Waals surface area contributed by atoms with Crippen LogP contribution in [0.2, 0.25) is 0 Å². The highest BCUT2D eigenvalue weighted by Crippen LogP contribution is 2.23. The van der Waals surface area contributed by atoms with Gasteiger partial charge in [0.1, 0.15) is 5.82 Å². The summed E-state index contributed by atoms with van der Waals surface area (Å²) in [7, 11) is 0. The van der Waals surface area contributed by atoms with Gasteiger partial charge in [-0.1, -0.05) is 51.1 Å². The van der Waals surface area contributed by atoms with E-state index in [1.165, 1.54) is 11.6 Å². The third kappa shape index (κ3) is 3.79. The Morgan fingerprint density at radius 1 is 1.10 bits per heavy atom. The van der Waals surface area contributed by atoms with Crippen molar-refractivity contribution in [1.29, 1.82) is 0 Å². The molecule has 2 aromatic carbocycles. The highest BCUT2D eigenvalue weighted by atomic mass is 79.9. The van der Waals surface area contributed by atoms with E-state index in [-0.39, 0.29) is 23.2 Å². The van der Waals surface area contributed by atoms with Gasteiger partial charge in [0.25, 0.3) is 0 Å². The minimum Gasteiger partial charge on any atom is -0.294 e. The lowest BCUT2D eigenvalue weighted by Gasteiger charge is -2.19. The molecule has 0 N–H and O–H groups in total. The van der Waals surface area contributed by atoms with E-state index in [4.69, 9.17) is 0 Å². The molecule has 0 aromatic heterocycles. The second-order valence-electron chi connectivity index (χ2n) is 6.15. The van der Waals surface area contributed by atoms with Gasteiger partial charge in [0.05, 0.1) is 10.0 Å². The summed E-state index contributed by atoms with van der Waals surface area (Å²) in [6.07, 6.45) is 0.206. The van der Waals surface area contributed by atoms with Crippen LogP contribution >= 0.6 is 15.9 Å². The van der Waals surface area contributed by atoms with Gasteiger partial charge < -0.3 is 0 Å². The fourth-order valence-electron chi connectivity index (χ4n) is 2.12. The first-order valence-electron chi connectivity index (χ1n) is 6.85. The van der Waals surface area contributed by atoms with E-state index in [1.54, 1.807) is 12.1 Å². The summed E-state index contributed by atoms with van der Waals surface area (Å²) in [5.74, 6) is -0.703. The SMILES string of the molecule is CC(C)(C)c1ccc(CC(=O)c2cccc(Br)c2F)cc1. The fraction of sp³-hybridized carbons (Fsp3) is 0.278. The van der Waals surface area contributed by atoms with Crippen molar-refractivity contribution in [2.45, 2.75) is 32.6 Å². The van der Waals surface area contributed by atoms with Gasteiger partial charge in [0, 0.05) is 6.42 Å². The molecule has 0 fully saturated rings. The molecular weight excluding hydrogens is 331 g/mol. The van der Waals surface area contributed by atoms with Crippen molar-refractivity contribution in [2.75, 3.05) is 0 Å². The maximum Gasteiger partial charge on any atom is 0.170 e. The molecule has 1 nitrogen and oxygen atoms in total. The lowest BCUT2D eigenvalue weighted by Crippen LogP contribution is -2.11. The molecule has 0 radical (unpaired) electrons. The van der Waals surface area contributed by atoms with Crippen LogP contribution in [0.5, 0.6) is 0 Å². The van der Waals surface area contributed by atoms with Crippen LogP contribution in [0.1, 0.15) is 42.3 Å². The molecule has 0 saturated carbocycles. The molecule has 0 aliphatic heterocycles. The number of rotatable bonds is 3. The average Bonchev–Trinajstić information content (AvgIpc) is 2.41. The standard InChI is InChI=1S/C18H18BrFO/c1-18(2,3)13-9-7-12(8-10-13)11-16(21)14-5-4-6-15(19)17(14)20/h4-10H,11H2,1-3H3. The van der Waals surface area contributed by atoms with Crippen LogP contribution in [-0.2, 0) is 11.8 Å². The van der Waals surface area contributed by atoms with E-state index in [1.807, 2.05) is 24.3 Å². The smallest absolute Gasteiger partial charge is 0.170 e. The molecule has 0 saturated heterocycles. The van der Waals surface area contributed by atoms with Crippen LogP contribution in [-0.4, -0.2) is 5.78 Å². The number of ketones is 1. The molecule has 2 aromatic rings. The molecular formula is C18H18BrFO. The molecule has 0 amide bonds. The van der Waals surface area contributed by atoms with Crippen molar-refractivity contribution < 1.29 is 9.18 Å². The van der Waals surface area contributed by atoms with Crippen molar-refractivity contribution in [2.24, 2.45) is 0 Å². The Hall–Kier alpha value is -1.48. The predicted molar refractivity (Wildman–Crippen MR) is 87.3 cm³/mol. The Bertz CT molecular complexity index is 654. The summed E-state index contributed by atoms with van der Waals surface area (Å²) in [5.41, 5.74) is 2.32. The first-order chi connectivity index (χ1) is 9.79. The zero-order chi connectivity index (χ0) is 15.6. The van der Waals surface area contributed by atoms with Crippen molar-refractivity contribution >= 4 is 21.7 Å². The van der Waals surface area contributed by atoms with Crippen LogP contribution in [0.25, 0.3) is 0 Å². The summed E-state index contributed by atoms with van der Waals surface area (Å²) in [4.78, 5) is 12.2. The molecule has 0 heterocycles. The van der Waals surface area contributed by atoms with E-state index < -0.39 is 5.82 Å². The van der Waals surface area contributed by atoms with Gasteiger partial charge in [-0.15, -0.1) is 0 Å². The Kier molecular flexibility index (Phi) is 4.62. The molecule has 0 aliphatic carbocycles.